The third kappa shape index (κ3) is 4.54. The van der Waals surface area contributed by atoms with E-state index < -0.39 is 6.10 Å². The van der Waals surface area contributed by atoms with E-state index in [1.165, 1.54) is 16.9 Å². The number of aliphatic hydroxyl groups excluding tert-OH is 1. The summed E-state index contributed by atoms with van der Waals surface area (Å²) in [4.78, 5) is 16.9. The van der Waals surface area contributed by atoms with Crippen molar-refractivity contribution in [2.24, 2.45) is 0 Å². The number of carbonyl (C=O) groups is 1. The van der Waals surface area contributed by atoms with Crippen LogP contribution in [0.1, 0.15) is 18.9 Å². The highest BCUT2D eigenvalue weighted by Gasteiger charge is 2.09. The van der Waals surface area contributed by atoms with Gasteiger partial charge in [0.25, 0.3) is 0 Å². The zero-order chi connectivity index (χ0) is 15.2. The number of rotatable bonds is 5. The average molecular weight is 305 g/mol. The topological polar surface area (TPSA) is 74.2 Å². The smallest absolute Gasteiger partial charge is 0.321 e. The van der Waals surface area contributed by atoms with E-state index in [4.69, 9.17) is 5.11 Å². The number of carbonyl (C=O) groups excluding carboxylic acids is 1. The molecular weight excluding hydrogens is 286 g/mol. The number of urea groups is 1. The Balaban J connectivity index is 1.94. The molecule has 21 heavy (non-hydrogen) atoms. The van der Waals surface area contributed by atoms with E-state index in [-0.39, 0.29) is 6.03 Å². The molecule has 0 saturated carbocycles. The molecule has 0 radical (unpaired) electrons. The van der Waals surface area contributed by atoms with Crippen molar-refractivity contribution in [3.8, 4) is 10.4 Å². The highest BCUT2D eigenvalue weighted by atomic mass is 32.1. The van der Waals surface area contributed by atoms with E-state index in [9.17, 15) is 4.79 Å². The molecule has 2 aromatic rings. The fourth-order valence-corrected chi connectivity index (χ4v) is 2.74. The quantitative estimate of drug-likeness (QED) is 0.795. The summed E-state index contributed by atoms with van der Waals surface area (Å²) in [5.41, 5.74) is 2.30. The van der Waals surface area contributed by atoms with E-state index in [0.29, 0.717) is 18.1 Å². The van der Waals surface area contributed by atoms with Crippen LogP contribution in [0.15, 0.2) is 30.5 Å². The largest absolute Gasteiger partial charge is 0.393 e. The SMILES string of the molecule is Cc1ccccc1-c1cnc(NC(=O)NCCC(C)O)s1. The molecule has 112 valence electrons. The van der Waals surface area contributed by atoms with E-state index in [1.807, 2.05) is 31.2 Å². The zero-order valence-corrected chi connectivity index (χ0v) is 12.9. The number of aromatic nitrogens is 1. The van der Waals surface area contributed by atoms with Gasteiger partial charge in [0.1, 0.15) is 0 Å². The number of thiazole rings is 1. The lowest BCUT2D eigenvalue weighted by Crippen LogP contribution is -2.30. The van der Waals surface area contributed by atoms with Gasteiger partial charge in [-0.25, -0.2) is 9.78 Å². The molecule has 0 aliphatic carbocycles. The molecule has 0 fully saturated rings. The highest BCUT2D eigenvalue weighted by molar-refractivity contribution is 7.19. The third-order valence-electron chi connectivity index (χ3n) is 2.98. The van der Waals surface area contributed by atoms with Crippen LogP contribution in [0, 0.1) is 6.92 Å². The van der Waals surface area contributed by atoms with Crippen molar-refractivity contribution in [3.05, 3.63) is 36.0 Å². The lowest BCUT2D eigenvalue weighted by Gasteiger charge is -2.06. The molecule has 1 aromatic carbocycles. The maximum atomic E-state index is 11.7. The van der Waals surface area contributed by atoms with Gasteiger partial charge in [0, 0.05) is 12.7 Å². The number of anilines is 1. The standard InChI is InChI=1S/C15H19N3O2S/c1-10-5-3-4-6-12(10)13-9-17-15(21-13)18-14(20)16-8-7-11(2)19/h3-6,9,11,19H,7-8H2,1-2H3,(H2,16,17,18,20). The Bertz CT molecular complexity index is 610. The minimum Gasteiger partial charge on any atom is -0.393 e. The van der Waals surface area contributed by atoms with Gasteiger partial charge in [0.15, 0.2) is 5.13 Å². The van der Waals surface area contributed by atoms with Gasteiger partial charge in [-0.3, -0.25) is 5.32 Å². The molecule has 2 amide bonds. The van der Waals surface area contributed by atoms with Crippen molar-refractivity contribution in [2.75, 3.05) is 11.9 Å². The summed E-state index contributed by atoms with van der Waals surface area (Å²) in [6.07, 6.45) is 1.87. The van der Waals surface area contributed by atoms with Gasteiger partial charge >= 0.3 is 6.03 Å². The van der Waals surface area contributed by atoms with Crippen molar-refractivity contribution in [1.82, 2.24) is 10.3 Å². The van der Waals surface area contributed by atoms with Crippen LogP contribution in [-0.2, 0) is 0 Å². The molecule has 6 heteroatoms. The Hall–Kier alpha value is -1.92. The van der Waals surface area contributed by atoms with E-state index in [1.54, 1.807) is 13.1 Å². The molecule has 5 nitrogen and oxygen atoms in total. The Morgan fingerprint density at radius 1 is 1.43 bits per heavy atom. The van der Waals surface area contributed by atoms with E-state index >= 15 is 0 Å². The predicted molar refractivity (Wildman–Crippen MR) is 85.6 cm³/mol. The first-order valence-electron chi connectivity index (χ1n) is 6.81. The van der Waals surface area contributed by atoms with Crippen LogP contribution in [-0.4, -0.2) is 28.8 Å². The second-order valence-corrected chi connectivity index (χ2v) is 5.89. The number of aliphatic hydroxyl groups is 1. The van der Waals surface area contributed by atoms with Crippen molar-refractivity contribution < 1.29 is 9.90 Å². The van der Waals surface area contributed by atoms with Crippen LogP contribution < -0.4 is 10.6 Å². The van der Waals surface area contributed by atoms with E-state index in [2.05, 4.69) is 15.6 Å². The summed E-state index contributed by atoms with van der Waals surface area (Å²) in [5, 5.41) is 15.1. The van der Waals surface area contributed by atoms with Crippen molar-refractivity contribution in [2.45, 2.75) is 26.4 Å². The first-order chi connectivity index (χ1) is 10.1. The van der Waals surface area contributed by atoms with Crippen molar-refractivity contribution in [1.29, 1.82) is 0 Å². The summed E-state index contributed by atoms with van der Waals surface area (Å²) >= 11 is 1.44. The fraction of sp³-hybridized carbons (Fsp3) is 0.333. The first-order valence-corrected chi connectivity index (χ1v) is 7.62. The number of benzene rings is 1. The minimum absolute atomic E-state index is 0.304. The minimum atomic E-state index is -0.419. The Labute approximate surface area is 128 Å². The molecule has 1 unspecified atom stereocenters. The van der Waals surface area contributed by atoms with Crippen molar-refractivity contribution >= 4 is 22.5 Å². The molecule has 0 bridgehead atoms. The van der Waals surface area contributed by atoms with Gasteiger partial charge in [0.05, 0.1) is 11.0 Å². The van der Waals surface area contributed by atoms with Crippen LogP contribution in [0.25, 0.3) is 10.4 Å². The first kappa shape index (κ1) is 15.5. The van der Waals surface area contributed by atoms with Crippen LogP contribution >= 0.6 is 11.3 Å². The zero-order valence-electron chi connectivity index (χ0n) is 12.1. The van der Waals surface area contributed by atoms with Crippen LogP contribution in [0.5, 0.6) is 0 Å². The maximum absolute atomic E-state index is 11.7. The number of hydrogen-bond donors (Lipinski definition) is 3. The lowest BCUT2D eigenvalue weighted by molar-refractivity contribution is 0.184. The number of nitrogens with zero attached hydrogens (tertiary/aromatic N) is 1. The normalized spacial score (nSPS) is 12.0. The molecular formula is C15H19N3O2S. The van der Waals surface area contributed by atoms with Gasteiger partial charge in [0.2, 0.25) is 0 Å². The fourth-order valence-electron chi connectivity index (χ4n) is 1.84. The molecule has 1 heterocycles. The monoisotopic (exact) mass is 305 g/mol. The van der Waals surface area contributed by atoms with Crippen molar-refractivity contribution in [3.63, 3.8) is 0 Å². The molecule has 1 aromatic heterocycles. The van der Waals surface area contributed by atoms with Gasteiger partial charge in [-0.05, 0) is 31.4 Å². The Kier molecular flexibility index (Phi) is 5.30. The highest BCUT2D eigenvalue weighted by Crippen LogP contribution is 2.30. The predicted octanol–water partition coefficient (Wildman–Crippen LogP) is 3.01. The molecule has 3 N–H and O–H groups in total. The van der Waals surface area contributed by atoms with Crippen LogP contribution in [0.3, 0.4) is 0 Å². The summed E-state index contributed by atoms with van der Waals surface area (Å²) in [6, 6.07) is 7.76. The Morgan fingerprint density at radius 3 is 2.90 bits per heavy atom. The molecule has 0 aliphatic heterocycles. The number of hydrogen-bond acceptors (Lipinski definition) is 4. The van der Waals surface area contributed by atoms with Gasteiger partial charge < -0.3 is 10.4 Å². The lowest BCUT2D eigenvalue weighted by atomic mass is 10.1. The van der Waals surface area contributed by atoms with Gasteiger partial charge in [-0.1, -0.05) is 35.6 Å². The summed E-state index contributed by atoms with van der Waals surface area (Å²) < 4.78 is 0. The molecule has 1 atom stereocenters. The average Bonchev–Trinajstić information content (AvgIpc) is 2.87. The molecule has 0 spiro atoms. The van der Waals surface area contributed by atoms with Crippen LogP contribution in [0.4, 0.5) is 9.93 Å². The maximum Gasteiger partial charge on any atom is 0.321 e. The molecule has 2 rings (SSSR count). The number of aryl methyl sites for hydroxylation is 1. The molecule has 0 saturated heterocycles. The summed E-state index contributed by atoms with van der Waals surface area (Å²) in [6.45, 7) is 4.17. The Morgan fingerprint density at radius 2 is 2.19 bits per heavy atom. The third-order valence-corrected chi connectivity index (χ3v) is 3.93. The number of amides is 2. The number of nitrogens with one attached hydrogen (secondary N) is 2. The van der Waals surface area contributed by atoms with Gasteiger partial charge in [-0.15, -0.1) is 0 Å². The van der Waals surface area contributed by atoms with Crippen LogP contribution in [0.2, 0.25) is 0 Å². The van der Waals surface area contributed by atoms with Gasteiger partial charge in [-0.2, -0.15) is 0 Å². The summed E-state index contributed by atoms with van der Waals surface area (Å²) in [5.74, 6) is 0. The second-order valence-electron chi connectivity index (χ2n) is 4.86. The summed E-state index contributed by atoms with van der Waals surface area (Å²) in [7, 11) is 0. The second kappa shape index (κ2) is 7.19. The van der Waals surface area contributed by atoms with E-state index in [0.717, 1.165) is 10.4 Å². The molecule has 0 aliphatic rings.